The molecule has 0 saturated heterocycles. The zero-order valence-corrected chi connectivity index (χ0v) is 18.6. The molecule has 5 heteroatoms. The average molecular weight is 414 g/mol. The highest BCUT2D eigenvalue weighted by atomic mass is 16.5. The normalized spacial score (nSPS) is 11.2. The molecule has 2 heterocycles. The van der Waals surface area contributed by atoms with Gasteiger partial charge in [0.25, 0.3) is 0 Å². The minimum absolute atomic E-state index is 0.400. The Morgan fingerprint density at radius 1 is 0.871 bits per heavy atom. The lowest BCUT2D eigenvalue weighted by molar-refractivity contribution is 0.394. The Kier molecular flexibility index (Phi) is 5.51. The molecular formula is C26H27N3O2. The van der Waals surface area contributed by atoms with E-state index in [9.17, 15) is 0 Å². The molecule has 2 N–H and O–H groups in total. The predicted molar refractivity (Wildman–Crippen MR) is 127 cm³/mol. The number of nitrogen functional groups attached to an aromatic ring is 1. The highest BCUT2D eigenvalue weighted by Gasteiger charge is 2.14. The molecule has 0 fully saturated rings. The molecule has 4 aromatic rings. The van der Waals surface area contributed by atoms with Gasteiger partial charge in [0.05, 0.1) is 19.7 Å². The van der Waals surface area contributed by atoms with E-state index in [1.54, 1.807) is 14.2 Å². The fraction of sp³-hybridized carbons (Fsp3) is 0.231. The molecule has 0 bridgehead atoms. The minimum atomic E-state index is 0.400. The van der Waals surface area contributed by atoms with Gasteiger partial charge in [-0.2, -0.15) is 0 Å². The van der Waals surface area contributed by atoms with E-state index >= 15 is 0 Å². The first-order valence-electron chi connectivity index (χ1n) is 10.3. The van der Waals surface area contributed by atoms with Crippen LogP contribution in [-0.4, -0.2) is 24.2 Å². The highest BCUT2D eigenvalue weighted by molar-refractivity contribution is 5.92. The number of hydrogen-bond acceptors (Lipinski definition) is 5. The molecule has 0 unspecified atom stereocenters. The largest absolute Gasteiger partial charge is 0.496 e. The Labute approximate surface area is 182 Å². The summed E-state index contributed by atoms with van der Waals surface area (Å²) in [6, 6.07) is 16.5. The van der Waals surface area contributed by atoms with E-state index in [2.05, 4.69) is 54.1 Å². The minimum Gasteiger partial charge on any atom is -0.496 e. The number of ether oxygens (including phenoxy) is 2. The second kappa shape index (κ2) is 8.26. The second-order valence-corrected chi connectivity index (χ2v) is 7.99. The smallest absolute Gasteiger partial charge is 0.215 e. The Morgan fingerprint density at radius 2 is 1.68 bits per heavy atom. The molecule has 31 heavy (non-hydrogen) atoms. The Bertz CT molecular complexity index is 1270. The first kappa shape index (κ1) is 20.7. The summed E-state index contributed by atoms with van der Waals surface area (Å²) in [7, 11) is 3.31. The second-order valence-electron chi connectivity index (χ2n) is 7.99. The number of aryl methyl sites for hydroxylation is 1. The molecule has 0 atom stereocenters. The van der Waals surface area contributed by atoms with E-state index in [0.29, 0.717) is 17.6 Å². The molecular weight excluding hydrogens is 386 g/mol. The van der Waals surface area contributed by atoms with Crippen molar-refractivity contribution in [3.63, 3.8) is 0 Å². The Morgan fingerprint density at radius 3 is 2.35 bits per heavy atom. The van der Waals surface area contributed by atoms with Crippen molar-refractivity contribution in [2.75, 3.05) is 20.0 Å². The zero-order chi connectivity index (χ0) is 22.1. The van der Waals surface area contributed by atoms with Gasteiger partial charge in [-0.1, -0.05) is 26.0 Å². The van der Waals surface area contributed by atoms with Gasteiger partial charge in [0.1, 0.15) is 11.6 Å². The van der Waals surface area contributed by atoms with Gasteiger partial charge in [-0.05, 0) is 60.4 Å². The summed E-state index contributed by atoms with van der Waals surface area (Å²) in [6.07, 6.45) is 1.83. The van der Waals surface area contributed by atoms with Crippen molar-refractivity contribution in [2.24, 2.45) is 0 Å². The predicted octanol–water partition coefficient (Wildman–Crippen LogP) is 6.00. The molecule has 4 rings (SSSR count). The maximum absolute atomic E-state index is 6.38. The van der Waals surface area contributed by atoms with Crippen molar-refractivity contribution < 1.29 is 9.47 Å². The van der Waals surface area contributed by atoms with Crippen LogP contribution in [0.4, 0.5) is 5.82 Å². The maximum Gasteiger partial charge on any atom is 0.215 e. The summed E-state index contributed by atoms with van der Waals surface area (Å²) in [4.78, 5) is 9.08. The molecule has 158 valence electrons. The molecule has 0 amide bonds. The lowest BCUT2D eigenvalue weighted by Gasteiger charge is -2.15. The van der Waals surface area contributed by atoms with E-state index in [1.165, 1.54) is 5.56 Å². The van der Waals surface area contributed by atoms with Crippen LogP contribution in [0.25, 0.3) is 33.2 Å². The lowest BCUT2D eigenvalue weighted by Crippen LogP contribution is -1.99. The first-order valence-corrected chi connectivity index (χ1v) is 10.3. The van der Waals surface area contributed by atoms with Gasteiger partial charge in [0.15, 0.2) is 0 Å². The Hall–Kier alpha value is -3.60. The van der Waals surface area contributed by atoms with Crippen LogP contribution in [-0.2, 0) is 0 Å². The van der Waals surface area contributed by atoms with Gasteiger partial charge in [0.2, 0.25) is 5.88 Å². The van der Waals surface area contributed by atoms with Crippen molar-refractivity contribution in [1.82, 2.24) is 9.97 Å². The SMILES string of the molecule is COc1ccc(C(C)C)cc1-c1cc2cc(-c3cnc(OC)c(C)c3)ccc2nc1N. The van der Waals surface area contributed by atoms with Gasteiger partial charge >= 0.3 is 0 Å². The third-order valence-corrected chi connectivity index (χ3v) is 5.58. The monoisotopic (exact) mass is 413 g/mol. The number of methoxy groups -OCH3 is 2. The van der Waals surface area contributed by atoms with Gasteiger partial charge in [0, 0.05) is 33.8 Å². The number of benzene rings is 2. The lowest BCUT2D eigenvalue weighted by atomic mass is 9.95. The summed E-state index contributed by atoms with van der Waals surface area (Å²) < 4.78 is 10.9. The van der Waals surface area contributed by atoms with Crippen LogP contribution >= 0.6 is 0 Å². The maximum atomic E-state index is 6.38. The van der Waals surface area contributed by atoms with Crippen molar-refractivity contribution in [1.29, 1.82) is 0 Å². The number of aromatic nitrogens is 2. The molecule has 2 aromatic carbocycles. The topological polar surface area (TPSA) is 70.3 Å². The van der Waals surface area contributed by atoms with E-state index in [1.807, 2.05) is 31.3 Å². The summed E-state index contributed by atoms with van der Waals surface area (Å²) in [5.74, 6) is 2.31. The van der Waals surface area contributed by atoms with Gasteiger partial charge in [-0.3, -0.25) is 0 Å². The summed E-state index contributed by atoms with van der Waals surface area (Å²) in [5, 5.41) is 1.01. The van der Waals surface area contributed by atoms with Crippen LogP contribution in [0, 0.1) is 6.92 Å². The van der Waals surface area contributed by atoms with Gasteiger partial charge in [-0.15, -0.1) is 0 Å². The molecule has 2 aromatic heterocycles. The zero-order valence-electron chi connectivity index (χ0n) is 18.6. The fourth-order valence-corrected chi connectivity index (χ4v) is 3.82. The number of rotatable bonds is 5. The van der Waals surface area contributed by atoms with Crippen LogP contribution in [0.2, 0.25) is 0 Å². The van der Waals surface area contributed by atoms with Crippen LogP contribution in [0.3, 0.4) is 0 Å². The van der Waals surface area contributed by atoms with Crippen LogP contribution in [0.5, 0.6) is 11.6 Å². The van der Waals surface area contributed by atoms with E-state index < -0.39 is 0 Å². The van der Waals surface area contributed by atoms with E-state index in [-0.39, 0.29) is 0 Å². The van der Waals surface area contributed by atoms with Gasteiger partial charge in [-0.25, -0.2) is 9.97 Å². The van der Waals surface area contributed by atoms with Crippen LogP contribution in [0.15, 0.2) is 54.7 Å². The molecule has 0 aliphatic rings. The first-order chi connectivity index (χ1) is 14.9. The van der Waals surface area contributed by atoms with Crippen molar-refractivity contribution in [2.45, 2.75) is 26.7 Å². The number of pyridine rings is 2. The fourth-order valence-electron chi connectivity index (χ4n) is 3.82. The van der Waals surface area contributed by atoms with E-state index in [0.717, 1.165) is 44.5 Å². The quantitative estimate of drug-likeness (QED) is 0.435. The highest BCUT2D eigenvalue weighted by Crippen LogP contribution is 2.37. The van der Waals surface area contributed by atoms with Crippen LogP contribution < -0.4 is 15.2 Å². The molecule has 0 radical (unpaired) electrons. The van der Waals surface area contributed by atoms with Gasteiger partial charge < -0.3 is 15.2 Å². The molecule has 0 saturated carbocycles. The number of nitrogens with two attached hydrogens (primary N) is 1. The number of nitrogens with zero attached hydrogens (tertiary/aromatic N) is 2. The molecule has 5 nitrogen and oxygen atoms in total. The summed E-state index contributed by atoms with van der Waals surface area (Å²) in [6.45, 7) is 6.33. The molecule has 0 spiro atoms. The number of hydrogen-bond donors (Lipinski definition) is 1. The van der Waals surface area contributed by atoms with Crippen molar-refractivity contribution in [3.05, 3.63) is 65.9 Å². The molecule has 0 aliphatic heterocycles. The Balaban J connectivity index is 1.86. The number of fused-ring (bicyclic) bond motifs is 1. The van der Waals surface area contributed by atoms with Crippen molar-refractivity contribution in [3.8, 4) is 33.9 Å². The van der Waals surface area contributed by atoms with Crippen molar-refractivity contribution >= 4 is 16.7 Å². The summed E-state index contributed by atoms with van der Waals surface area (Å²) >= 11 is 0. The number of anilines is 1. The average Bonchev–Trinajstić information content (AvgIpc) is 2.77. The van der Waals surface area contributed by atoms with E-state index in [4.69, 9.17) is 15.2 Å². The third kappa shape index (κ3) is 3.91. The standard InChI is InChI=1S/C26H27N3O2/c1-15(2)17-7-9-24(30-4)21(12-17)22-13-19-11-18(6-8-23(19)29-25(22)27)20-10-16(3)26(31-5)28-14-20/h6-15H,1-5H3,(H2,27,29). The van der Waals surface area contributed by atoms with Crippen LogP contribution in [0.1, 0.15) is 30.9 Å². The summed E-state index contributed by atoms with van der Waals surface area (Å²) in [5.41, 5.74) is 13.4. The third-order valence-electron chi connectivity index (χ3n) is 5.58. The molecule has 0 aliphatic carbocycles.